The summed E-state index contributed by atoms with van der Waals surface area (Å²) < 4.78 is 0.830. The van der Waals surface area contributed by atoms with Gasteiger partial charge in [-0.05, 0) is 28.8 Å². The summed E-state index contributed by atoms with van der Waals surface area (Å²) in [6.45, 7) is 0. The Morgan fingerprint density at radius 2 is 2.08 bits per heavy atom. The molecule has 0 atom stereocenters. The first kappa shape index (κ1) is 8.66. The molecule has 1 saturated carbocycles. The fraction of sp³-hybridized carbons (Fsp3) is 0.714. The lowest BCUT2D eigenvalue weighted by Gasteiger charge is -2.24. The van der Waals surface area contributed by atoms with Gasteiger partial charge in [0.25, 0.3) is 0 Å². The van der Waals surface area contributed by atoms with Gasteiger partial charge in [0.1, 0.15) is 4.61 Å². The maximum atomic E-state index is 6.04. The Bertz CT molecular complexity index is 213. The van der Waals surface area contributed by atoms with Gasteiger partial charge in [-0.25, -0.2) is 0 Å². The van der Waals surface area contributed by atoms with Crippen LogP contribution in [0.5, 0.6) is 0 Å². The van der Waals surface area contributed by atoms with Crippen molar-refractivity contribution in [3.63, 3.8) is 0 Å². The van der Waals surface area contributed by atoms with Crippen molar-refractivity contribution < 1.29 is 0 Å². The molecule has 5 heteroatoms. The number of hydrogen-bond donors (Lipinski definition) is 2. The van der Waals surface area contributed by atoms with Crippen molar-refractivity contribution in [1.82, 2.24) is 16.0 Å². The molecule has 0 aromatic rings. The summed E-state index contributed by atoms with van der Waals surface area (Å²) >= 11 is 9.37. The van der Waals surface area contributed by atoms with Gasteiger partial charge in [0.15, 0.2) is 5.16 Å². The zero-order valence-electron chi connectivity index (χ0n) is 6.61. The quantitative estimate of drug-likeness (QED) is 0.699. The zero-order valence-corrected chi connectivity index (χ0v) is 8.95. The van der Waals surface area contributed by atoms with Crippen molar-refractivity contribution in [2.75, 3.05) is 0 Å². The predicted molar refractivity (Wildman–Crippen MR) is 52.2 cm³/mol. The van der Waals surface area contributed by atoms with Crippen molar-refractivity contribution in [2.24, 2.45) is 0 Å². The van der Waals surface area contributed by atoms with E-state index in [0.29, 0.717) is 6.04 Å². The van der Waals surface area contributed by atoms with Crippen LogP contribution >= 0.6 is 27.5 Å². The molecule has 68 valence electrons. The van der Waals surface area contributed by atoms with Gasteiger partial charge < -0.3 is 0 Å². The normalized spacial score (nSPS) is 25.3. The average molecular weight is 253 g/mol. The van der Waals surface area contributed by atoms with Crippen LogP contribution in [0.3, 0.4) is 0 Å². The fourth-order valence-corrected chi connectivity index (χ4v) is 2.24. The number of rotatable bonds is 1. The van der Waals surface area contributed by atoms with Gasteiger partial charge in [-0.2, -0.15) is 0 Å². The Kier molecular flexibility index (Phi) is 2.48. The fourth-order valence-electron chi connectivity index (χ4n) is 1.73. The van der Waals surface area contributed by atoms with Gasteiger partial charge in [0.05, 0.1) is 0 Å². The monoisotopic (exact) mass is 251 g/mol. The van der Waals surface area contributed by atoms with Crippen molar-refractivity contribution in [3.8, 4) is 0 Å². The van der Waals surface area contributed by atoms with Gasteiger partial charge in [-0.3, -0.25) is 10.4 Å². The van der Waals surface area contributed by atoms with E-state index < -0.39 is 0 Å². The van der Waals surface area contributed by atoms with E-state index in [4.69, 9.17) is 11.6 Å². The first-order valence-corrected chi connectivity index (χ1v) is 5.32. The second-order valence-corrected chi connectivity index (χ2v) is 4.30. The Morgan fingerprint density at radius 1 is 1.42 bits per heavy atom. The lowest BCUT2D eigenvalue weighted by molar-refractivity contribution is 0.192. The minimum absolute atomic E-state index is 0.556. The van der Waals surface area contributed by atoms with E-state index >= 15 is 0 Å². The minimum atomic E-state index is 0.556. The molecular weight excluding hydrogens is 241 g/mol. The highest BCUT2D eigenvalue weighted by Crippen LogP contribution is 2.30. The SMILES string of the molecule is ClC1=C(Br)NNN1C1CCCC1. The average Bonchev–Trinajstić information content (AvgIpc) is 2.64. The number of nitrogens with one attached hydrogen (secondary N) is 2. The summed E-state index contributed by atoms with van der Waals surface area (Å²) in [7, 11) is 0. The van der Waals surface area contributed by atoms with Crippen LogP contribution in [-0.2, 0) is 0 Å². The summed E-state index contributed by atoms with van der Waals surface area (Å²) in [4.78, 5) is 0. The highest BCUT2D eigenvalue weighted by Gasteiger charge is 2.28. The molecule has 0 amide bonds. The van der Waals surface area contributed by atoms with E-state index in [0.717, 1.165) is 9.76 Å². The molecule has 0 bridgehead atoms. The van der Waals surface area contributed by atoms with Crippen LogP contribution in [-0.4, -0.2) is 11.1 Å². The van der Waals surface area contributed by atoms with Crippen LogP contribution in [0.2, 0.25) is 0 Å². The van der Waals surface area contributed by atoms with Crippen molar-refractivity contribution in [3.05, 3.63) is 9.76 Å². The molecule has 2 rings (SSSR count). The Hall–Kier alpha value is 0.0700. The molecule has 2 aliphatic rings. The smallest absolute Gasteiger partial charge is 0.152 e. The van der Waals surface area contributed by atoms with Gasteiger partial charge in [-0.1, -0.05) is 24.4 Å². The summed E-state index contributed by atoms with van der Waals surface area (Å²) in [5.74, 6) is 0. The summed E-state index contributed by atoms with van der Waals surface area (Å²) in [6.07, 6.45) is 5.08. The molecule has 0 aromatic carbocycles. The van der Waals surface area contributed by atoms with Crippen molar-refractivity contribution >= 4 is 27.5 Å². The molecule has 1 heterocycles. The van der Waals surface area contributed by atoms with E-state index in [1.54, 1.807) is 0 Å². The van der Waals surface area contributed by atoms with Crippen LogP contribution < -0.4 is 11.0 Å². The standard InChI is InChI=1S/C7H11BrClN3/c8-6-7(9)12(11-10-6)5-3-1-2-4-5/h5,10-11H,1-4H2. The molecule has 1 aliphatic carbocycles. The number of nitrogens with zero attached hydrogens (tertiary/aromatic N) is 1. The topological polar surface area (TPSA) is 27.3 Å². The number of hydrogen-bond acceptors (Lipinski definition) is 3. The zero-order chi connectivity index (χ0) is 8.55. The van der Waals surface area contributed by atoms with Gasteiger partial charge in [-0.15, -0.1) is 5.53 Å². The van der Waals surface area contributed by atoms with Gasteiger partial charge in [0.2, 0.25) is 0 Å². The highest BCUT2D eigenvalue weighted by molar-refractivity contribution is 9.11. The summed E-state index contributed by atoms with van der Waals surface area (Å²) in [5.41, 5.74) is 5.96. The molecule has 0 unspecified atom stereocenters. The maximum Gasteiger partial charge on any atom is 0.152 e. The molecule has 1 aliphatic heterocycles. The lowest BCUT2D eigenvalue weighted by atomic mass is 10.2. The van der Waals surface area contributed by atoms with Crippen molar-refractivity contribution in [2.45, 2.75) is 31.7 Å². The van der Waals surface area contributed by atoms with Gasteiger partial charge in [0, 0.05) is 6.04 Å². The van der Waals surface area contributed by atoms with E-state index in [9.17, 15) is 0 Å². The van der Waals surface area contributed by atoms with Crippen LogP contribution in [0.4, 0.5) is 0 Å². The van der Waals surface area contributed by atoms with E-state index in [2.05, 4.69) is 26.9 Å². The largest absolute Gasteiger partial charge is 0.295 e. The van der Waals surface area contributed by atoms with Crippen LogP contribution in [0.25, 0.3) is 0 Å². The third-order valence-corrected chi connectivity index (χ3v) is 3.54. The minimum Gasteiger partial charge on any atom is -0.295 e. The molecule has 0 spiro atoms. The summed E-state index contributed by atoms with van der Waals surface area (Å²) in [6, 6.07) is 0.556. The molecular formula is C7H11BrClN3. The third-order valence-electron chi connectivity index (χ3n) is 2.37. The van der Waals surface area contributed by atoms with Crippen LogP contribution in [0.1, 0.15) is 25.7 Å². The third kappa shape index (κ3) is 1.43. The molecule has 0 aromatic heterocycles. The predicted octanol–water partition coefficient (Wildman–Crippen LogP) is 2.01. The molecule has 2 N–H and O–H groups in total. The first-order valence-electron chi connectivity index (χ1n) is 4.15. The van der Waals surface area contributed by atoms with Gasteiger partial charge >= 0.3 is 0 Å². The van der Waals surface area contributed by atoms with Crippen LogP contribution in [0.15, 0.2) is 9.76 Å². The Morgan fingerprint density at radius 3 is 2.58 bits per heavy atom. The van der Waals surface area contributed by atoms with E-state index in [1.165, 1.54) is 25.7 Å². The second-order valence-electron chi connectivity index (χ2n) is 3.15. The van der Waals surface area contributed by atoms with Crippen molar-refractivity contribution in [1.29, 1.82) is 0 Å². The first-order chi connectivity index (χ1) is 5.79. The molecule has 12 heavy (non-hydrogen) atoms. The molecule has 1 fully saturated rings. The second kappa shape index (κ2) is 3.44. The Balaban J connectivity index is 2.05. The van der Waals surface area contributed by atoms with E-state index in [-0.39, 0.29) is 0 Å². The van der Waals surface area contributed by atoms with Crippen LogP contribution in [0, 0.1) is 0 Å². The van der Waals surface area contributed by atoms with E-state index in [1.807, 2.05) is 5.01 Å². The molecule has 3 nitrogen and oxygen atoms in total. The highest BCUT2D eigenvalue weighted by atomic mass is 79.9. The molecule has 0 saturated heterocycles. The molecule has 0 radical (unpaired) electrons. The summed E-state index contributed by atoms with van der Waals surface area (Å²) in [5, 5.41) is 2.74. The number of halogens is 2. The maximum absolute atomic E-state index is 6.04. The Labute approximate surface area is 85.2 Å². The lowest BCUT2D eigenvalue weighted by Crippen LogP contribution is -2.42. The number of hydrazine groups is 2.